The number of Topliss-reactive ketones (excluding diaryl/α,β-unsaturated/α-hetero) is 1. The van der Waals surface area contributed by atoms with Crippen LogP contribution in [-0.2, 0) is 4.79 Å². The van der Waals surface area contributed by atoms with Crippen LogP contribution in [0.4, 0.5) is 0 Å². The molecule has 0 spiro atoms. The number of rotatable bonds is 7. The van der Waals surface area contributed by atoms with E-state index in [1.165, 1.54) is 62.7 Å². The SMILES string of the molecule is CCCC1C(CC)CCC2C1CCC1(C)C(C(=O)CN(N)/C=N\N)C3CC3C21. The van der Waals surface area contributed by atoms with Crippen LogP contribution in [0.15, 0.2) is 5.10 Å². The van der Waals surface area contributed by atoms with Crippen molar-refractivity contribution in [2.24, 2.45) is 69.5 Å². The predicted molar refractivity (Wildman–Crippen MR) is 113 cm³/mol. The molecule has 0 aromatic heterocycles. The summed E-state index contributed by atoms with van der Waals surface area (Å²) in [5.41, 5.74) is 0.183. The molecule has 0 aromatic rings. The lowest BCUT2D eigenvalue weighted by atomic mass is 9.49. The van der Waals surface area contributed by atoms with E-state index in [0.29, 0.717) is 11.7 Å². The van der Waals surface area contributed by atoms with Gasteiger partial charge in [-0.15, -0.1) is 0 Å². The Bertz CT molecular complexity index is 622. The van der Waals surface area contributed by atoms with Crippen LogP contribution in [0.1, 0.15) is 72.1 Å². The van der Waals surface area contributed by atoms with Crippen molar-refractivity contribution in [1.82, 2.24) is 5.01 Å². The van der Waals surface area contributed by atoms with Crippen molar-refractivity contribution in [1.29, 1.82) is 0 Å². The van der Waals surface area contributed by atoms with Crippen LogP contribution in [-0.4, -0.2) is 23.7 Å². The number of hydrogen-bond acceptors (Lipinski definition) is 4. The highest BCUT2D eigenvalue weighted by Gasteiger charge is 2.70. The van der Waals surface area contributed by atoms with Crippen molar-refractivity contribution >= 4 is 12.1 Å². The Morgan fingerprint density at radius 3 is 2.64 bits per heavy atom. The predicted octanol–water partition coefficient (Wildman–Crippen LogP) is 3.78. The number of hydrazine groups is 1. The third-order valence-corrected chi connectivity index (χ3v) is 9.35. The molecule has 0 saturated heterocycles. The zero-order chi connectivity index (χ0) is 20.1. The Labute approximate surface area is 170 Å². The maximum absolute atomic E-state index is 13.2. The van der Waals surface area contributed by atoms with Gasteiger partial charge in [-0.3, -0.25) is 9.80 Å². The highest BCUT2D eigenvalue weighted by atomic mass is 16.1. The Hall–Kier alpha value is -1.10. The number of carbonyl (C=O) groups is 1. The minimum absolute atomic E-state index is 0.183. The largest absolute Gasteiger partial charge is 0.322 e. The van der Waals surface area contributed by atoms with Crippen molar-refractivity contribution in [3.8, 4) is 0 Å². The lowest BCUT2D eigenvalue weighted by molar-refractivity contribution is -0.133. The summed E-state index contributed by atoms with van der Waals surface area (Å²) in [4.78, 5) is 13.2. The number of ketones is 1. The summed E-state index contributed by atoms with van der Waals surface area (Å²) >= 11 is 0. The first-order chi connectivity index (χ1) is 13.5. The topological polar surface area (TPSA) is 84.7 Å². The minimum atomic E-state index is 0.183. The normalized spacial score (nSPS) is 46.7. The van der Waals surface area contributed by atoms with Gasteiger partial charge in [-0.1, -0.05) is 40.0 Å². The first kappa shape index (κ1) is 20.2. The van der Waals surface area contributed by atoms with Crippen LogP contribution < -0.4 is 11.7 Å². The van der Waals surface area contributed by atoms with E-state index >= 15 is 0 Å². The number of fused-ring (bicyclic) bond motifs is 5. The molecular formula is C23H40N4O. The molecule has 0 aromatic carbocycles. The molecule has 4 fully saturated rings. The van der Waals surface area contributed by atoms with E-state index in [0.717, 1.165) is 35.5 Å². The molecular weight excluding hydrogens is 348 g/mol. The van der Waals surface area contributed by atoms with Crippen LogP contribution in [0.5, 0.6) is 0 Å². The monoisotopic (exact) mass is 388 g/mol. The number of carbonyl (C=O) groups excluding carboxylic acids is 1. The van der Waals surface area contributed by atoms with Crippen molar-refractivity contribution < 1.29 is 4.79 Å². The first-order valence-corrected chi connectivity index (χ1v) is 11.7. The number of hydrogen-bond donors (Lipinski definition) is 2. The van der Waals surface area contributed by atoms with Gasteiger partial charge < -0.3 is 5.84 Å². The zero-order valence-electron chi connectivity index (χ0n) is 18.0. The molecule has 0 bridgehead atoms. The highest BCUT2D eigenvalue weighted by Crippen LogP contribution is 2.74. The summed E-state index contributed by atoms with van der Waals surface area (Å²) in [5.74, 6) is 17.4. The lowest BCUT2D eigenvalue weighted by Gasteiger charge is -2.56. The number of nitrogens with zero attached hydrogens (tertiary/aromatic N) is 2. The molecule has 4 saturated carbocycles. The van der Waals surface area contributed by atoms with Gasteiger partial charge in [-0.2, -0.15) is 5.10 Å². The van der Waals surface area contributed by atoms with Crippen molar-refractivity contribution in [3.63, 3.8) is 0 Å². The van der Waals surface area contributed by atoms with Crippen LogP contribution in [0, 0.1) is 52.8 Å². The maximum Gasteiger partial charge on any atom is 0.157 e. The van der Waals surface area contributed by atoms with Crippen molar-refractivity contribution in [2.75, 3.05) is 6.54 Å². The van der Waals surface area contributed by atoms with E-state index in [9.17, 15) is 4.79 Å². The van der Waals surface area contributed by atoms with Crippen LogP contribution >= 0.6 is 0 Å². The second kappa shape index (κ2) is 7.62. The van der Waals surface area contributed by atoms with Gasteiger partial charge in [0.2, 0.25) is 0 Å². The van der Waals surface area contributed by atoms with Gasteiger partial charge in [0.05, 0.1) is 6.54 Å². The number of nitrogens with two attached hydrogens (primary N) is 2. The molecule has 28 heavy (non-hydrogen) atoms. The van der Waals surface area contributed by atoms with Crippen LogP contribution in [0.2, 0.25) is 0 Å². The molecule has 4 N–H and O–H groups in total. The van der Waals surface area contributed by atoms with E-state index in [1.807, 2.05) is 0 Å². The van der Waals surface area contributed by atoms with Crippen molar-refractivity contribution in [2.45, 2.75) is 72.1 Å². The summed E-state index contributed by atoms with van der Waals surface area (Å²) in [6, 6.07) is 0. The van der Waals surface area contributed by atoms with Gasteiger partial charge in [0.15, 0.2) is 5.78 Å². The summed E-state index contributed by atoms with van der Waals surface area (Å²) in [7, 11) is 0. The summed E-state index contributed by atoms with van der Waals surface area (Å²) in [6.07, 6.45) is 12.1. The van der Waals surface area contributed by atoms with E-state index in [4.69, 9.17) is 11.7 Å². The third-order valence-electron chi connectivity index (χ3n) is 9.35. The van der Waals surface area contributed by atoms with E-state index in [2.05, 4.69) is 25.9 Å². The zero-order valence-corrected chi connectivity index (χ0v) is 18.0. The Kier molecular flexibility index (Phi) is 5.49. The van der Waals surface area contributed by atoms with E-state index in [-0.39, 0.29) is 17.9 Å². The molecule has 0 heterocycles. The molecule has 0 radical (unpaired) electrons. The summed E-state index contributed by atoms with van der Waals surface area (Å²) in [5, 5.41) is 4.82. The maximum atomic E-state index is 13.2. The standard InChI is InChI=1S/C23H40N4O/c1-4-6-15-14(5-2)7-8-17-16(15)9-10-23(3)21(17)18-11-19(18)22(23)20(28)12-27(25)13-26-24/h13-19,21-22H,4-12,24-25H2,1-3H3/b26-13-. The van der Waals surface area contributed by atoms with Crippen LogP contribution in [0.3, 0.4) is 0 Å². The number of hydrazone groups is 1. The highest BCUT2D eigenvalue weighted by molar-refractivity contribution is 5.86. The lowest BCUT2D eigenvalue weighted by Crippen LogP contribution is -2.51. The van der Waals surface area contributed by atoms with Gasteiger partial charge in [0, 0.05) is 5.92 Å². The Balaban J connectivity index is 1.55. The van der Waals surface area contributed by atoms with Gasteiger partial charge in [-0.05, 0) is 78.9 Å². The molecule has 5 nitrogen and oxygen atoms in total. The first-order valence-electron chi connectivity index (χ1n) is 11.7. The molecule has 4 aliphatic carbocycles. The molecule has 9 unspecified atom stereocenters. The molecule has 9 atom stereocenters. The molecule has 4 rings (SSSR count). The fraction of sp³-hybridized carbons (Fsp3) is 0.913. The Morgan fingerprint density at radius 1 is 1.18 bits per heavy atom. The fourth-order valence-corrected chi connectivity index (χ4v) is 8.50. The molecule has 0 aliphatic heterocycles. The smallest absolute Gasteiger partial charge is 0.157 e. The Morgan fingerprint density at radius 2 is 1.96 bits per heavy atom. The minimum Gasteiger partial charge on any atom is -0.322 e. The van der Waals surface area contributed by atoms with Crippen LogP contribution in [0.25, 0.3) is 0 Å². The summed E-state index contributed by atoms with van der Waals surface area (Å²) < 4.78 is 0. The van der Waals surface area contributed by atoms with Gasteiger partial charge >= 0.3 is 0 Å². The molecule has 158 valence electrons. The van der Waals surface area contributed by atoms with Gasteiger partial charge in [0.25, 0.3) is 0 Å². The second-order valence-corrected chi connectivity index (χ2v) is 10.5. The average Bonchev–Trinajstić information content (AvgIpc) is 3.36. The second-order valence-electron chi connectivity index (χ2n) is 10.5. The third kappa shape index (κ3) is 3.09. The van der Waals surface area contributed by atoms with E-state index < -0.39 is 0 Å². The van der Waals surface area contributed by atoms with E-state index in [1.54, 1.807) is 0 Å². The van der Waals surface area contributed by atoms with Gasteiger partial charge in [0.1, 0.15) is 6.34 Å². The fourth-order valence-electron chi connectivity index (χ4n) is 8.50. The summed E-state index contributed by atoms with van der Waals surface area (Å²) in [6.45, 7) is 7.43. The van der Waals surface area contributed by atoms with Crippen molar-refractivity contribution in [3.05, 3.63) is 0 Å². The average molecular weight is 389 g/mol. The molecule has 4 aliphatic rings. The molecule has 0 amide bonds. The van der Waals surface area contributed by atoms with Gasteiger partial charge in [-0.25, -0.2) is 5.84 Å². The quantitative estimate of drug-likeness (QED) is 0.301. The molecule has 5 heteroatoms.